The van der Waals surface area contributed by atoms with E-state index in [2.05, 4.69) is 15.4 Å². The predicted octanol–water partition coefficient (Wildman–Crippen LogP) is 3.82. The van der Waals surface area contributed by atoms with Crippen molar-refractivity contribution in [3.63, 3.8) is 0 Å². The number of carbonyl (C=O) groups is 1. The van der Waals surface area contributed by atoms with Crippen molar-refractivity contribution in [1.82, 2.24) is 20.1 Å². The third-order valence-corrected chi connectivity index (χ3v) is 4.74. The van der Waals surface area contributed by atoms with E-state index in [0.717, 1.165) is 28.9 Å². The number of aryl methyl sites for hydroxylation is 1. The van der Waals surface area contributed by atoms with Crippen LogP contribution >= 0.6 is 11.6 Å². The summed E-state index contributed by atoms with van der Waals surface area (Å²) in [6.07, 6.45) is 2.33. The Bertz CT molecular complexity index is 914. The van der Waals surface area contributed by atoms with Crippen LogP contribution in [0.25, 0.3) is 5.82 Å². The predicted molar refractivity (Wildman–Crippen MR) is 103 cm³/mol. The third-order valence-electron chi connectivity index (χ3n) is 4.49. The van der Waals surface area contributed by atoms with Gasteiger partial charge in [-0.1, -0.05) is 23.7 Å². The summed E-state index contributed by atoms with van der Waals surface area (Å²) < 4.78 is 1.80. The van der Waals surface area contributed by atoms with E-state index >= 15 is 0 Å². The number of carbonyl (C=O) groups excluding carboxylic acids is 1. The van der Waals surface area contributed by atoms with Gasteiger partial charge in [0.25, 0.3) is 5.91 Å². The Balaban J connectivity index is 1.61. The lowest BCUT2D eigenvalue weighted by Gasteiger charge is -2.07. The van der Waals surface area contributed by atoms with Crippen LogP contribution in [0.1, 0.15) is 32.9 Å². The molecule has 0 bridgehead atoms. The van der Waals surface area contributed by atoms with Crippen LogP contribution in [-0.4, -0.2) is 27.2 Å². The molecule has 0 aliphatic heterocycles. The molecule has 1 N–H and O–H groups in total. The summed E-state index contributed by atoms with van der Waals surface area (Å²) in [7, 11) is 0. The zero-order valence-corrected chi connectivity index (χ0v) is 15.8. The molecule has 3 rings (SSSR count). The molecule has 0 aliphatic rings. The Morgan fingerprint density at radius 2 is 1.85 bits per heavy atom. The first kappa shape index (κ1) is 18.1. The average Bonchev–Trinajstić information content (AvgIpc) is 2.91. The lowest BCUT2D eigenvalue weighted by atomic mass is 10.1. The Morgan fingerprint density at radius 1 is 1.12 bits per heavy atom. The van der Waals surface area contributed by atoms with Crippen molar-refractivity contribution in [3.05, 3.63) is 75.7 Å². The number of nitrogens with zero attached hydrogens (tertiary/aromatic N) is 3. The fourth-order valence-corrected chi connectivity index (χ4v) is 2.79. The van der Waals surface area contributed by atoms with Crippen LogP contribution in [0.4, 0.5) is 0 Å². The molecule has 2 aromatic heterocycles. The maximum absolute atomic E-state index is 12.3. The van der Waals surface area contributed by atoms with Gasteiger partial charge in [-0.25, -0.2) is 9.67 Å². The summed E-state index contributed by atoms with van der Waals surface area (Å²) in [5.41, 5.74) is 4.84. The SMILES string of the molecule is Cc1nn(-c2ccc(C(=O)NCCc3ccc(Cl)cc3)cn2)c(C)c1C. The van der Waals surface area contributed by atoms with E-state index in [1.807, 2.05) is 51.1 Å². The highest BCUT2D eigenvalue weighted by Crippen LogP contribution is 2.15. The van der Waals surface area contributed by atoms with Crippen molar-refractivity contribution in [1.29, 1.82) is 0 Å². The second-order valence-corrected chi connectivity index (χ2v) is 6.68. The Labute approximate surface area is 158 Å². The summed E-state index contributed by atoms with van der Waals surface area (Å²) in [6, 6.07) is 11.2. The quantitative estimate of drug-likeness (QED) is 0.744. The molecule has 1 amide bonds. The summed E-state index contributed by atoms with van der Waals surface area (Å²) in [4.78, 5) is 16.7. The fourth-order valence-electron chi connectivity index (χ4n) is 2.66. The number of halogens is 1. The molecule has 0 saturated heterocycles. The molecular weight excluding hydrogens is 348 g/mol. The molecule has 0 spiro atoms. The number of nitrogens with one attached hydrogen (secondary N) is 1. The van der Waals surface area contributed by atoms with Crippen molar-refractivity contribution >= 4 is 17.5 Å². The van der Waals surface area contributed by atoms with Crippen LogP contribution in [0.15, 0.2) is 42.6 Å². The Hall–Kier alpha value is -2.66. The zero-order valence-electron chi connectivity index (χ0n) is 15.1. The van der Waals surface area contributed by atoms with Gasteiger partial charge in [0.15, 0.2) is 5.82 Å². The number of hydrogen-bond donors (Lipinski definition) is 1. The van der Waals surface area contributed by atoms with Crippen LogP contribution in [0.5, 0.6) is 0 Å². The molecule has 0 aliphatic carbocycles. The molecule has 0 unspecified atom stereocenters. The third kappa shape index (κ3) is 3.94. The van der Waals surface area contributed by atoms with E-state index < -0.39 is 0 Å². The molecule has 0 radical (unpaired) electrons. The van der Waals surface area contributed by atoms with Gasteiger partial charge in [0.1, 0.15) is 0 Å². The minimum atomic E-state index is -0.137. The van der Waals surface area contributed by atoms with E-state index in [0.29, 0.717) is 22.9 Å². The van der Waals surface area contributed by atoms with Gasteiger partial charge in [-0.15, -0.1) is 0 Å². The normalized spacial score (nSPS) is 10.8. The van der Waals surface area contributed by atoms with Crippen molar-refractivity contribution in [2.75, 3.05) is 6.54 Å². The molecule has 3 aromatic rings. The van der Waals surface area contributed by atoms with Crippen LogP contribution in [0.3, 0.4) is 0 Å². The second kappa shape index (κ2) is 7.70. The molecule has 134 valence electrons. The number of amides is 1. The zero-order chi connectivity index (χ0) is 18.7. The minimum absolute atomic E-state index is 0.137. The van der Waals surface area contributed by atoms with Crippen molar-refractivity contribution in [3.8, 4) is 5.82 Å². The number of aromatic nitrogens is 3. The maximum atomic E-state index is 12.3. The van der Waals surface area contributed by atoms with Gasteiger partial charge in [0.2, 0.25) is 0 Å². The lowest BCUT2D eigenvalue weighted by molar-refractivity contribution is 0.0954. The molecule has 6 heteroatoms. The van der Waals surface area contributed by atoms with Crippen LogP contribution < -0.4 is 5.32 Å². The average molecular weight is 369 g/mol. The molecule has 0 fully saturated rings. The largest absolute Gasteiger partial charge is 0.352 e. The number of benzene rings is 1. The van der Waals surface area contributed by atoms with Gasteiger partial charge >= 0.3 is 0 Å². The maximum Gasteiger partial charge on any atom is 0.252 e. The minimum Gasteiger partial charge on any atom is -0.352 e. The van der Waals surface area contributed by atoms with E-state index in [4.69, 9.17) is 11.6 Å². The van der Waals surface area contributed by atoms with E-state index in [9.17, 15) is 4.79 Å². The van der Waals surface area contributed by atoms with E-state index in [1.165, 1.54) is 0 Å². The highest BCUT2D eigenvalue weighted by atomic mass is 35.5. The van der Waals surface area contributed by atoms with Crippen LogP contribution in [0.2, 0.25) is 5.02 Å². The monoisotopic (exact) mass is 368 g/mol. The molecule has 26 heavy (non-hydrogen) atoms. The van der Waals surface area contributed by atoms with Gasteiger partial charge in [-0.3, -0.25) is 4.79 Å². The number of rotatable bonds is 5. The van der Waals surface area contributed by atoms with Crippen molar-refractivity contribution < 1.29 is 4.79 Å². The number of pyridine rings is 1. The summed E-state index contributed by atoms with van der Waals surface area (Å²) >= 11 is 5.87. The first-order valence-electron chi connectivity index (χ1n) is 8.47. The summed E-state index contributed by atoms with van der Waals surface area (Å²) in [5.74, 6) is 0.568. The molecule has 2 heterocycles. The molecule has 0 saturated carbocycles. The first-order valence-corrected chi connectivity index (χ1v) is 8.85. The van der Waals surface area contributed by atoms with E-state index in [1.54, 1.807) is 16.9 Å². The van der Waals surface area contributed by atoms with Gasteiger partial charge in [-0.05, 0) is 62.6 Å². The van der Waals surface area contributed by atoms with Crippen LogP contribution in [0, 0.1) is 20.8 Å². The molecule has 1 aromatic carbocycles. The summed E-state index contributed by atoms with van der Waals surface area (Å²) in [5, 5.41) is 8.11. The van der Waals surface area contributed by atoms with Gasteiger partial charge < -0.3 is 5.32 Å². The van der Waals surface area contributed by atoms with Gasteiger partial charge in [0, 0.05) is 23.5 Å². The smallest absolute Gasteiger partial charge is 0.252 e. The number of hydrogen-bond acceptors (Lipinski definition) is 3. The van der Waals surface area contributed by atoms with Crippen molar-refractivity contribution in [2.24, 2.45) is 0 Å². The van der Waals surface area contributed by atoms with Gasteiger partial charge in [0.05, 0.1) is 11.3 Å². The van der Waals surface area contributed by atoms with Crippen LogP contribution in [-0.2, 0) is 6.42 Å². The Morgan fingerprint density at radius 3 is 2.42 bits per heavy atom. The Kier molecular flexibility index (Phi) is 5.38. The van der Waals surface area contributed by atoms with Gasteiger partial charge in [-0.2, -0.15) is 5.10 Å². The summed E-state index contributed by atoms with van der Waals surface area (Å²) in [6.45, 7) is 6.57. The van der Waals surface area contributed by atoms with Crippen molar-refractivity contribution in [2.45, 2.75) is 27.2 Å². The van der Waals surface area contributed by atoms with E-state index in [-0.39, 0.29) is 5.91 Å². The second-order valence-electron chi connectivity index (χ2n) is 6.25. The first-order chi connectivity index (χ1) is 12.5. The standard InChI is InChI=1S/C20H21ClN4O/c1-13-14(2)24-25(15(13)3)19-9-6-17(12-23-19)20(26)22-11-10-16-4-7-18(21)8-5-16/h4-9,12H,10-11H2,1-3H3,(H,22,26). The molecular formula is C20H21ClN4O. The molecule has 0 atom stereocenters. The molecule has 5 nitrogen and oxygen atoms in total. The highest BCUT2D eigenvalue weighted by Gasteiger charge is 2.11. The highest BCUT2D eigenvalue weighted by molar-refractivity contribution is 6.30. The fraction of sp³-hybridized carbons (Fsp3) is 0.250. The lowest BCUT2D eigenvalue weighted by Crippen LogP contribution is -2.25. The topological polar surface area (TPSA) is 59.8 Å².